The first-order valence-electron chi connectivity index (χ1n) is 11.6. The van der Waals surface area contributed by atoms with Crippen molar-refractivity contribution in [2.75, 3.05) is 23.7 Å². The topological polar surface area (TPSA) is 86.8 Å². The summed E-state index contributed by atoms with van der Waals surface area (Å²) < 4.78 is 26.6. The number of carbonyl (C=O) groups excluding carboxylic acids is 2. The highest BCUT2D eigenvalue weighted by atomic mass is 32.2. The third-order valence-corrected chi connectivity index (χ3v) is 6.77. The number of benzene rings is 2. The van der Waals surface area contributed by atoms with Crippen molar-refractivity contribution in [3.05, 3.63) is 65.2 Å². The molecule has 0 aliphatic carbocycles. The summed E-state index contributed by atoms with van der Waals surface area (Å²) in [4.78, 5) is 27.9. The zero-order chi connectivity index (χ0) is 25.5. The number of rotatable bonds is 11. The molecule has 0 radical (unpaired) electrons. The number of nitrogens with one attached hydrogen (secondary N) is 1. The van der Waals surface area contributed by atoms with Gasteiger partial charge in [0, 0.05) is 13.1 Å². The van der Waals surface area contributed by atoms with E-state index in [1.165, 1.54) is 4.90 Å². The normalized spacial score (nSPS) is 12.3. The van der Waals surface area contributed by atoms with E-state index in [0.29, 0.717) is 18.7 Å². The third-order valence-electron chi connectivity index (χ3n) is 5.65. The van der Waals surface area contributed by atoms with Gasteiger partial charge in [-0.05, 0) is 43.4 Å². The molecule has 0 saturated heterocycles. The number of carbonyl (C=O) groups is 2. The summed E-state index contributed by atoms with van der Waals surface area (Å²) in [6.07, 6.45) is 1.72. The molecule has 7 nitrogen and oxygen atoms in total. The van der Waals surface area contributed by atoms with Crippen LogP contribution >= 0.6 is 0 Å². The highest BCUT2D eigenvalue weighted by Crippen LogP contribution is 2.24. The molecule has 1 N–H and O–H groups in total. The number of hydrogen-bond donors (Lipinski definition) is 1. The Labute approximate surface area is 204 Å². The molecule has 186 valence electrons. The monoisotopic (exact) mass is 487 g/mol. The van der Waals surface area contributed by atoms with E-state index >= 15 is 0 Å². The van der Waals surface area contributed by atoms with Gasteiger partial charge in [-0.15, -0.1) is 0 Å². The van der Waals surface area contributed by atoms with Crippen LogP contribution in [0.3, 0.4) is 0 Å². The van der Waals surface area contributed by atoms with Gasteiger partial charge in [-0.1, -0.05) is 68.8 Å². The summed E-state index contributed by atoms with van der Waals surface area (Å²) in [6, 6.07) is 14.1. The van der Waals surface area contributed by atoms with Gasteiger partial charge >= 0.3 is 0 Å². The van der Waals surface area contributed by atoms with Gasteiger partial charge < -0.3 is 10.2 Å². The van der Waals surface area contributed by atoms with Crippen LogP contribution in [0, 0.1) is 12.8 Å². The summed E-state index contributed by atoms with van der Waals surface area (Å²) in [5, 5.41) is 2.88. The Morgan fingerprint density at radius 2 is 1.62 bits per heavy atom. The van der Waals surface area contributed by atoms with Crippen LogP contribution in [-0.4, -0.2) is 50.5 Å². The number of sulfonamides is 1. The van der Waals surface area contributed by atoms with E-state index in [1.807, 2.05) is 64.1 Å². The highest BCUT2D eigenvalue weighted by molar-refractivity contribution is 7.92. The second kappa shape index (κ2) is 12.0. The van der Waals surface area contributed by atoms with Crippen molar-refractivity contribution >= 4 is 27.5 Å². The molecule has 2 aromatic rings. The fraction of sp³-hybridized carbons (Fsp3) is 0.462. The molecule has 0 heterocycles. The van der Waals surface area contributed by atoms with Gasteiger partial charge in [-0.3, -0.25) is 13.9 Å². The van der Waals surface area contributed by atoms with Gasteiger partial charge in [-0.25, -0.2) is 8.42 Å². The predicted octanol–water partition coefficient (Wildman–Crippen LogP) is 3.51. The van der Waals surface area contributed by atoms with Crippen LogP contribution in [0.1, 0.15) is 44.4 Å². The first-order valence-corrected chi connectivity index (χ1v) is 13.5. The quantitative estimate of drug-likeness (QED) is 0.525. The van der Waals surface area contributed by atoms with E-state index < -0.39 is 22.0 Å². The fourth-order valence-corrected chi connectivity index (χ4v) is 4.45. The Bertz CT molecular complexity index is 1080. The number of para-hydroxylation sites is 1. The molecule has 2 amide bonds. The Kier molecular flexibility index (Phi) is 9.67. The predicted molar refractivity (Wildman–Crippen MR) is 137 cm³/mol. The van der Waals surface area contributed by atoms with Crippen LogP contribution < -0.4 is 9.62 Å². The van der Waals surface area contributed by atoms with Gasteiger partial charge in [0.15, 0.2) is 0 Å². The average molecular weight is 488 g/mol. The highest BCUT2D eigenvalue weighted by Gasteiger charge is 2.30. The minimum absolute atomic E-state index is 0.197. The minimum atomic E-state index is -3.74. The van der Waals surface area contributed by atoms with Gasteiger partial charge in [0.05, 0.1) is 11.9 Å². The third kappa shape index (κ3) is 7.58. The smallest absolute Gasteiger partial charge is 0.244 e. The lowest BCUT2D eigenvalue weighted by Crippen LogP contribution is -2.51. The molecule has 0 saturated carbocycles. The Morgan fingerprint density at radius 1 is 1.00 bits per heavy atom. The number of anilines is 1. The van der Waals surface area contributed by atoms with E-state index in [1.54, 1.807) is 19.1 Å². The molecule has 1 atom stereocenters. The number of hydrogen-bond acceptors (Lipinski definition) is 4. The fourth-order valence-electron chi connectivity index (χ4n) is 3.57. The molecule has 34 heavy (non-hydrogen) atoms. The lowest BCUT2D eigenvalue weighted by molar-refractivity contribution is -0.139. The summed E-state index contributed by atoms with van der Waals surface area (Å²) in [5.74, 6) is -0.443. The van der Waals surface area contributed by atoms with Crippen LogP contribution in [0.5, 0.6) is 0 Å². The largest absolute Gasteiger partial charge is 0.354 e. The molecule has 2 aromatic carbocycles. The van der Waals surface area contributed by atoms with Crippen molar-refractivity contribution in [1.82, 2.24) is 10.2 Å². The van der Waals surface area contributed by atoms with Crippen molar-refractivity contribution in [2.24, 2.45) is 5.92 Å². The van der Waals surface area contributed by atoms with Crippen molar-refractivity contribution in [2.45, 2.75) is 53.6 Å². The average Bonchev–Trinajstić information content (AvgIpc) is 2.79. The number of nitrogens with zero attached hydrogens (tertiary/aromatic N) is 2. The first-order chi connectivity index (χ1) is 15.9. The molecule has 0 aromatic heterocycles. The SMILES string of the molecule is CCc1ccccc1N(CC(=O)N(Cc1ccc(C)cc1)[C@@H](C)C(=O)NCC(C)C)S(C)(=O)=O. The number of aryl methyl sites for hydroxylation is 2. The Hall–Kier alpha value is -2.87. The summed E-state index contributed by atoms with van der Waals surface area (Å²) in [5.41, 5.74) is 3.26. The van der Waals surface area contributed by atoms with E-state index in [2.05, 4.69) is 5.32 Å². The van der Waals surface area contributed by atoms with Gasteiger partial charge in [0.25, 0.3) is 0 Å². The standard InChI is InChI=1S/C26H37N3O4S/c1-7-23-10-8-9-11-24(23)29(34(6,32)33)18-25(30)28(17-22-14-12-20(4)13-15-22)21(5)26(31)27-16-19(2)3/h8-15,19,21H,7,16-18H2,1-6H3,(H,27,31)/t21-/m0/s1. The second-order valence-corrected chi connectivity index (χ2v) is 11.0. The molecular formula is C26H37N3O4S. The second-order valence-electron chi connectivity index (χ2n) is 9.07. The minimum Gasteiger partial charge on any atom is -0.354 e. The Morgan fingerprint density at radius 3 is 2.18 bits per heavy atom. The van der Waals surface area contributed by atoms with E-state index in [4.69, 9.17) is 0 Å². The van der Waals surface area contributed by atoms with Gasteiger partial charge in [0.1, 0.15) is 12.6 Å². The molecule has 0 aliphatic rings. The molecule has 8 heteroatoms. The molecule has 0 spiro atoms. The number of amides is 2. The summed E-state index contributed by atoms with van der Waals surface area (Å²) in [6.45, 7) is 9.88. The lowest BCUT2D eigenvalue weighted by Gasteiger charge is -2.32. The molecule has 2 rings (SSSR count). The van der Waals surface area contributed by atoms with Crippen molar-refractivity contribution in [3.8, 4) is 0 Å². The summed E-state index contributed by atoms with van der Waals surface area (Å²) in [7, 11) is -3.74. The van der Waals surface area contributed by atoms with E-state index in [0.717, 1.165) is 27.3 Å². The molecule has 0 bridgehead atoms. The van der Waals surface area contributed by atoms with Crippen molar-refractivity contribution < 1.29 is 18.0 Å². The van der Waals surface area contributed by atoms with Crippen LogP contribution in [-0.2, 0) is 32.6 Å². The van der Waals surface area contributed by atoms with Gasteiger partial charge in [0.2, 0.25) is 21.8 Å². The van der Waals surface area contributed by atoms with Crippen LogP contribution in [0.25, 0.3) is 0 Å². The Balaban J connectivity index is 2.39. The van der Waals surface area contributed by atoms with Crippen LogP contribution in [0.2, 0.25) is 0 Å². The maximum atomic E-state index is 13.6. The first kappa shape index (κ1) is 27.4. The van der Waals surface area contributed by atoms with Crippen LogP contribution in [0.4, 0.5) is 5.69 Å². The molecular weight excluding hydrogens is 450 g/mol. The van der Waals surface area contributed by atoms with Crippen molar-refractivity contribution in [1.29, 1.82) is 0 Å². The van der Waals surface area contributed by atoms with E-state index in [-0.39, 0.29) is 24.9 Å². The zero-order valence-electron chi connectivity index (χ0n) is 21.0. The molecule has 0 aliphatic heterocycles. The lowest BCUT2D eigenvalue weighted by atomic mass is 10.1. The maximum absolute atomic E-state index is 13.6. The molecule has 0 unspecified atom stereocenters. The van der Waals surface area contributed by atoms with Crippen molar-refractivity contribution in [3.63, 3.8) is 0 Å². The van der Waals surface area contributed by atoms with Crippen LogP contribution in [0.15, 0.2) is 48.5 Å². The molecule has 0 fully saturated rings. The van der Waals surface area contributed by atoms with Gasteiger partial charge in [-0.2, -0.15) is 0 Å². The zero-order valence-corrected chi connectivity index (χ0v) is 21.9. The summed E-state index contributed by atoms with van der Waals surface area (Å²) >= 11 is 0. The maximum Gasteiger partial charge on any atom is 0.244 e. The van der Waals surface area contributed by atoms with E-state index in [9.17, 15) is 18.0 Å².